The molecule has 178 valence electrons. The molecule has 0 saturated heterocycles. The van der Waals surface area contributed by atoms with Crippen LogP contribution in [-0.2, 0) is 0 Å². The van der Waals surface area contributed by atoms with Crippen LogP contribution in [0.1, 0.15) is 0 Å². The smallest absolute Gasteiger partial charge is 0.0541 e. The molecule has 0 aliphatic heterocycles. The van der Waals surface area contributed by atoms with Crippen LogP contribution in [0.15, 0.2) is 140 Å². The largest absolute Gasteiger partial charge is 0.354 e. The average Bonchev–Trinajstić information content (AvgIpc) is 3.52. The number of nitrogens with one attached hydrogen (secondary N) is 1. The van der Waals surface area contributed by atoms with E-state index < -0.39 is 0 Å². The van der Waals surface area contributed by atoms with E-state index in [1.165, 1.54) is 66.0 Å². The van der Waals surface area contributed by atoms with E-state index in [0.29, 0.717) is 0 Å². The number of nitrogens with zero attached hydrogens (tertiary/aromatic N) is 1. The Morgan fingerprint density at radius 1 is 0.368 bits per heavy atom. The van der Waals surface area contributed by atoms with Gasteiger partial charge in [-0.1, -0.05) is 91.0 Å². The van der Waals surface area contributed by atoms with Crippen LogP contribution in [-0.4, -0.2) is 9.55 Å². The minimum Gasteiger partial charge on any atom is -0.354 e. The maximum absolute atomic E-state index is 3.64. The van der Waals surface area contributed by atoms with Gasteiger partial charge in [0.15, 0.2) is 0 Å². The highest BCUT2D eigenvalue weighted by atomic mass is 15.0. The van der Waals surface area contributed by atoms with Crippen molar-refractivity contribution in [1.82, 2.24) is 9.55 Å². The number of aromatic nitrogens is 2. The van der Waals surface area contributed by atoms with Gasteiger partial charge in [-0.05, 0) is 70.8 Å². The number of aromatic amines is 1. The minimum atomic E-state index is 1.16. The Hall–Kier alpha value is -5.08. The molecule has 2 aromatic heterocycles. The van der Waals surface area contributed by atoms with Crippen molar-refractivity contribution in [1.29, 1.82) is 0 Å². The summed E-state index contributed by atoms with van der Waals surface area (Å²) in [6.07, 6.45) is 0. The molecule has 6 aromatic carbocycles. The lowest BCUT2D eigenvalue weighted by atomic mass is 9.99. The maximum atomic E-state index is 3.64. The fraction of sp³-hybridized carbons (Fsp3) is 0. The first-order valence-electron chi connectivity index (χ1n) is 13.0. The van der Waals surface area contributed by atoms with Crippen molar-refractivity contribution >= 4 is 43.6 Å². The molecule has 0 aliphatic rings. The van der Waals surface area contributed by atoms with Crippen molar-refractivity contribution in [3.8, 4) is 27.9 Å². The number of fused-ring (bicyclic) bond motifs is 6. The Morgan fingerprint density at radius 3 is 1.84 bits per heavy atom. The van der Waals surface area contributed by atoms with Gasteiger partial charge in [0.05, 0.1) is 11.0 Å². The normalized spacial score (nSPS) is 11.7. The van der Waals surface area contributed by atoms with Crippen molar-refractivity contribution < 1.29 is 0 Å². The molecule has 0 radical (unpaired) electrons. The summed E-state index contributed by atoms with van der Waals surface area (Å²) in [5, 5.41) is 5.05. The minimum absolute atomic E-state index is 1.16. The molecule has 2 heteroatoms. The lowest BCUT2D eigenvalue weighted by Gasteiger charge is -2.08. The third-order valence-corrected chi connectivity index (χ3v) is 7.73. The van der Waals surface area contributed by atoms with Gasteiger partial charge in [0.25, 0.3) is 0 Å². The van der Waals surface area contributed by atoms with Crippen molar-refractivity contribution in [3.63, 3.8) is 0 Å². The highest BCUT2D eigenvalue weighted by Crippen LogP contribution is 2.37. The number of rotatable bonds is 3. The van der Waals surface area contributed by atoms with Gasteiger partial charge in [-0.25, -0.2) is 0 Å². The maximum Gasteiger partial charge on any atom is 0.0541 e. The Balaban J connectivity index is 1.29. The monoisotopic (exact) mass is 484 g/mol. The van der Waals surface area contributed by atoms with E-state index in [-0.39, 0.29) is 0 Å². The molecule has 0 bridgehead atoms. The van der Waals surface area contributed by atoms with Crippen molar-refractivity contribution in [2.75, 3.05) is 0 Å². The van der Waals surface area contributed by atoms with Gasteiger partial charge in [-0.2, -0.15) is 0 Å². The van der Waals surface area contributed by atoms with Gasteiger partial charge in [0, 0.05) is 38.3 Å². The molecule has 0 spiro atoms. The second kappa shape index (κ2) is 8.22. The molecule has 1 N–H and O–H groups in total. The summed E-state index contributed by atoms with van der Waals surface area (Å²) in [6.45, 7) is 0. The van der Waals surface area contributed by atoms with Crippen LogP contribution in [0.2, 0.25) is 0 Å². The molecule has 0 amide bonds. The third-order valence-electron chi connectivity index (χ3n) is 7.73. The number of hydrogen-bond donors (Lipinski definition) is 1. The van der Waals surface area contributed by atoms with Gasteiger partial charge in [0.1, 0.15) is 0 Å². The quantitative estimate of drug-likeness (QED) is 0.258. The number of hydrogen-bond acceptors (Lipinski definition) is 0. The van der Waals surface area contributed by atoms with Gasteiger partial charge in [-0.3, -0.25) is 0 Å². The van der Waals surface area contributed by atoms with Gasteiger partial charge < -0.3 is 9.55 Å². The summed E-state index contributed by atoms with van der Waals surface area (Å²) in [4.78, 5) is 3.64. The van der Waals surface area contributed by atoms with E-state index in [0.717, 1.165) is 5.52 Å². The van der Waals surface area contributed by atoms with Crippen LogP contribution in [0.5, 0.6) is 0 Å². The lowest BCUT2D eigenvalue weighted by molar-refractivity contribution is 1.18. The summed E-state index contributed by atoms with van der Waals surface area (Å²) in [6, 6.07) is 50.2. The second-order valence-corrected chi connectivity index (χ2v) is 9.93. The van der Waals surface area contributed by atoms with Crippen LogP contribution in [0, 0.1) is 0 Å². The first kappa shape index (κ1) is 21.0. The summed E-state index contributed by atoms with van der Waals surface area (Å²) in [5.74, 6) is 0. The zero-order valence-corrected chi connectivity index (χ0v) is 20.7. The molecule has 0 unspecified atom stereocenters. The van der Waals surface area contributed by atoms with E-state index in [1.54, 1.807) is 0 Å². The lowest BCUT2D eigenvalue weighted by Crippen LogP contribution is -1.92. The molecule has 2 heterocycles. The van der Waals surface area contributed by atoms with Crippen LogP contribution in [0.25, 0.3) is 71.6 Å². The topological polar surface area (TPSA) is 20.7 Å². The van der Waals surface area contributed by atoms with Crippen LogP contribution in [0.3, 0.4) is 0 Å². The first-order chi connectivity index (χ1) is 18.8. The Bertz CT molecular complexity index is 2110. The Morgan fingerprint density at radius 2 is 1.00 bits per heavy atom. The Kier molecular flexibility index (Phi) is 4.55. The third kappa shape index (κ3) is 3.21. The summed E-state index contributed by atoms with van der Waals surface area (Å²) >= 11 is 0. The summed E-state index contributed by atoms with van der Waals surface area (Å²) < 4.78 is 2.36. The SMILES string of the molecule is c1ccc(-c2ccc3c(c2)[nH]c2ccc(-c4ccc5c(c4)c4ccccc4n5-c4ccccc4)cc23)cc1. The summed E-state index contributed by atoms with van der Waals surface area (Å²) in [7, 11) is 0. The standard InChI is InChI=1S/C36H24N2/c1-3-9-24(10-4-1)27-15-18-29-31-21-25(16-19-33(31)37-34(29)23-27)26-17-20-36-32(22-26)30-13-7-8-14-35(30)38(36)28-11-5-2-6-12-28/h1-23,37H. The van der Waals surface area contributed by atoms with Gasteiger partial charge >= 0.3 is 0 Å². The van der Waals surface area contributed by atoms with Crippen molar-refractivity contribution in [2.45, 2.75) is 0 Å². The highest BCUT2D eigenvalue weighted by molar-refractivity contribution is 6.12. The van der Waals surface area contributed by atoms with E-state index in [1.807, 2.05) is 0 Å². The molecular formula is C36H24N2. The molecule has 2 nitrogen and oxygen atoms in total. The van der Waals surface area contributed by atoms with Gasteiger partial charge in [-0.15, -0.1) is 0 Å². The van der Waals surface area contributed by atoms with Gasteiger partial charge in [0.2, 0.25) is 0 Å². The van der Waals surface area contributed by atoms with Crippen LogP contribution < -0.4 is 0 Å². The molecule has 0 fully saturated rings. The van der Waals surface area contributed by atoms with Crippen LogP contribution >= 0.6 is 0 Å². The molecule has 0 atom stereocenters. The zero-order valence-electron chi connectivity index (χ0n) is 20.7. The average molecular weight is 485 g/mol. The highest BCUT2D eigenvalue weighted by Gasteiger charge is 2.14. The van der Waals surface area contributed by atoms with Crippen molar-refractivity contribution in [2.24, 2.45) is 0 Å². The second-order valence-electron chi connectivity index (χ2n) is 9.93. The number of para-hydroxylation sites is 2. The molecule has 0 saturated carbocycles. The molecule has 8 aromatic rings. The predicted octanol–water partition coefficient (Wildman–Crippen LogP) is 9.75. The van der Waals surface area contributed by atoms with Crippen LogP contribution in [0.4, 0.5) is 0 Å². The van der Waals surface area contributed by atoms with E-state index >= 15 is 0 Å². The van der Waals surface area contributed by atoms with Crippen molar-refractivity contribution in [3.05, 3.63) is 140 Å². The fourth-order valence-electron chi connectivity index (χ4n) is 5.90. The molecular weight excluding hydrogens is 460 g/mol. The molecule has 8 rings (SSSR count). The van der Waals surface area contributed by atoms with E-state index in [9.17, 15) is 0 Å². The number of H-pyrrole nitrogens is 1. The van der Waals surface area contributed by atoms with E-state index in [2.05, 4.69) is 149 Å². The summed E-state index contributed by atoms with van der Waals surface area (Å²) in [5.41, 5.74) is 10.9. The van der Waals surface area contributed by atoms with E-state index in [4.69, 9.17) is 0 Å². The Labute approximate surface area is 220 Å². The fourth-order valence-corrected chi connectivity index (χ4v) is 5.90. The predicted molar refractivity (Wildman–Crippen MR) is 161 cm³/mol. The zero-order chi connectivity index (χ0) is 25.1. The molecule has 0 aliphatic carbocycles. The number of benzene rings is 6. The first-order valence-corrected chi connectivity index (χ1v) is 13.0. The molecule has 38 heavy (non-hydrogen) atoms.